The van der Waals surface area contributed by atoms with Crippen molar-refractivity contribution in [1.82, 2.24) is 9.62 Å². The highest BCUT2D eigenvalue weighted by Crippen LogP contribution is 2.10. The fourth-order valence-corrected chi connectivity index (χ4v) is 2.76. The van der Waals surface area contributed by atoms with E-state index in [0.29, 0.717) is 12.5 Å². The van der Waals surface area contributed by atoms with Crippen LogP contribution in [0.3, 0.4) is 0 Å². The topological polar surface area (TPSA) is 66.5 Å². The molecule has 5 nitrogen and oxygen atoms in total. The minimum absolute atomic E-state index is 0.148. The van der Waals surface area contributed by atoms with Gasteiger partial charge in [0.25, 0.3) is 0 Å². The lowest BCUT2D eigenvalue weighted by Crippen LogP contribution is -2.40. The van der Waals surface area contributed by atoms with Gasteiger partial charge in [-0.05, 0) is 24.8 Å². The van der Waals surface area contributed by atoms with Crippen molar-refractivity contribution in [3.05, 3.63) is 35.4 Å². The molecule has 0 aliphatic rings. The molecule has 22 heavy (non-hydrogen) atoms. The van der Waals surface area contributed by atoms with Gasteiger partial charge in [-0.3, -0.25) is 4.79 Å². The number of hydrogen-bond donors (Lipinski definition) is 1. The Morgan fingerprint density at radius 2 is 2.00 bits per heavy atom. The van der Waals surface area contributed by atoms with E-state index in [2.05, 4.69) is 19.2 Å². The maximum atomic E-state index is 11.9. The molecule has 0 aliphatic heterocycles. The molecule has 1 N–H and O–H groups in total. The van der Waals surface area contributed by atoms with E-state index in [4.69, 9.17) is 0 Å². The molecular formula is C16H26N2O3S. The Labute approximate surface area is 133 Å². The van der Waals surface area contributed by atoms with Crippen molar-refractivity contribution in [2.24, 2.45) is 5.92 Å². The molecule has 1 amide bonds. The molecule has 124 valence electrons. The van der Waals surface area contributed by atoms with Gasteiger partial charge in [0.05, 0.1) is 12.8 Å². The summed E-state index contributed by atoms with van der Waals surface area (Å²) in [5.41, 5.74) is 1.94. The molecule has 1 aromatic rings. The molecule has 1 aromatic carbocycles. The molecule has 6 heteroatoms. The van der Waals surface area contributed by atoms with Gasteiger partial charge in [0.1, 0.15) is 0 Å². The van der Waals surface area contributed by atoms with Gasteiger partial charge >= 0.3 is 0 Å². The molecule has 0 unspecified atom stereocenters. The van der Waals surface area contributed by atoms with Gasteiger partial charge < -0.3 is 5.32 Å². The quantitative estimate of drug-likeness (QED) is 0.793. The molecule has 0 bridgehead atoms. The Hall–Kier alpha value is -1.40. The number of nitrogens with one attached hydrogen (secondary N) is 1. The molecule has 0 atom stereocenters. The van der Waals surface area contributed by atoms with E-state index in [0.717, 1.165) is 23.8 Å². The summed E-state index contributed by atoms with van der Waals surface area (Å²) in [6, 6.07) is 7.62. The number of carbonyl (C=O) groups excluding carboxylic acids is 1. The van der Waals surface area contributed by atoms with Crippen LogP contribution < -0.4 is 5.32 Å². The first kappa shape index (κ1) is 18.6. The number of amides is 1. The minimum atomic E-state index is -3.44. The lowest BCUT2D eigenvalue weighted by atomic mass is 10.1. The summed E-state index contributed by atoms with van der Waals surface area (Å²) < 4.78 is 25.0. The van der Waals surface area contributed by atoms with Crippen molar-refractivity contribution in [1.29, 1.82) is 0 Å². The van der Waals surface area contributed by atoms with Crippen molar-refractivity contribution >= 4 is 15.9 Å². The largest absolute Gasteiger partial charge is 0.355 e. The van der Waals surface area contributed by atoms with E-state index >= 15 is 0 Å². The Morgan fingerprint density at radius 1 is 1.32 bits per heavy atom. The monoisotopic (exact) mass is 326 g/mol. The lowest BCUT2D eigenvalue weighted by molar-refractivity contribution is -0.121. The van der Waals surface area contributed by atoms with E-state index in [1.807, 2.05) is 31.2 Å². The zero-order valence-corrected chi connectivity index (χ0v) is 14.6. The summed E-state index contributed by atoms with van der Waals surface area (Å²) in [4.78, 5) is 11.9. The molecule has 0 radical (unpaired) electrons. The van der Waals surface area contributed by atoms with Crippen molar-refractivity contribution in [3.63, 3.8) is 0 Å². The number of sulfonamides is 1. The molecule has 1 rings (SSSR count). The van der Waals surface area contributed by atoms with Gasteiger partial charge in [-0.2, -0.15) is 4.31 Å². The zero-order valence-electron chi connectivity index (χ0n) is 13.8. The van der Waals surface area contributed by atoms with Crippen molar-refractivity contribution in [2.75, 3.05) is 19.3 Å². The molecule has 0 heterocycles. The van der Waals surface area contributed by atoms with Gasteiger partial charge in [0.2, 0.25) is 15.9 Å². The highest BCUT2D eigenvalue weighted by Gasteiger charge is 2.20. The van der Waals surface area contributed by atoms with Crippen LogP contribution in [-0.4, -0.2) is 38.0 Å². The summed E-state index contributed by atoms with van der Waals surface area (Å²) in [7, 11) is -3.44. The lowest BCUT2D eigenvalue weighted by Gasteiger charge is -2.20. The van der Waals surface area contributed by atoms with E-state index in [1.165, 1.54) is 4.31 Å². The number of benzene rings is 1. The average Bonchev–Trinajstić information content (AvgIpc) is 2.36. The Balaban J connectivity index is 2.68. The SMILES string of the molecule is Cc1cccc(CN(CC(=O)NCCC(C)C)S(C)(=O)=O)c1. The summed E-state index contributed by atoms with van der Waals surface area (Å²) in [5, 5.41) is 2.77. The maximum absolute atomic E-state index is 11.9. The average molecular weight is 326 g/mol. The van der Waals surface area contributed by atoms with Crippen LogP contribution >= 0.6 is 0 Å². The fraction of sp³-hybridized carbons (Fsp3) is 0.562. The molecule has 0 fully saturated rings. The number of aryl methyl sites for hydroxylation is 1. The maximum Gasteiger partial charge on any atom is 0.235 e. The normalized spacial score (nSPS) is 11.9. The van der Waals surface area contributed by atoms with Gasteiger partial charge in [-0.15, -0.1) is 0 Å². The van der Waals surface area contributed by atoms with Crippen LogP contribution in [-0.2, 0) is 21.4 Å². The summed E-state index contributed by atoms with van der Waals surface area (Å²) in [6.45, 7) is 6.73. The third-order valence-corrected chi connectivity index (χ3v) is 4.47. The zero-order chi connectivity index (χ0) is 16.8. The van der Waals surface area contributed by atoms with Crippen LogP contribution in [0.4, 0.5) is 0 Å². The third kappa shape index (κ3) is 7.04. The van der Waals surface area contributed by atoms with E-state index in [-0.39, 0.29) is 19.0 Å². The van der Waals surface area contributed by atoms with Crippen molar-refractivity contribution in [2.45, 2.75) is 33.7 Å². The van der Waals surface area contributed by atoms with Crippen LogP contribution in [0.5, 0.6) is 0 Å². The van der Waals surface area contributed by atoms with Crippen LogP contribution in [0.1, 0.15) is 31.4 Å². The second-order valence-corrected chi connectivity index (χ2v) is 8.04. The van der Waals surface area contributed by atoms with Crippen LogP contribution in [0.2, 0.25) is 0 Å². The van der Waals surface area contributed by atoms with Gasteiger partial charge in [-0.1, -0.05) is 43.7 Å². The van der Waals surface area contributed by atoms with Crippen LogP contribution in [0.25, 0.3) is 0 Å². The molecule has 0 spiro atoms. The third-order valence-electron chi connectivity index (χ3n) is 3.27. The summed E-state index contributed by atoms with van der Waals surface area (Å²) >= 11 is 0. The molecule has 0 saturated heterocycles. The first-order valence-electron chi connectivity index (χ1n) is 7.46. The first-order valence-corrected chi connectivity index (χ1v) is 9.30. The predicted molar refractivity (Wildman–Crippen MR) is 88.9 cm³/mol. The predicted octanol–water partition coefficient (Wildman–Crippen LogP) is 1.92. The molecule has 0 saturated carbocycles. The smallest absolute Gasteiger partial charge is 0.235 e. The Morgan fingerprint density at radius 3 is 2.55 bits per heavy atom. The van der Waals surface area contributed by atoms with Crippen molar-refractivity contribution < 1.29 is 13.2 Å². The second kappa shape index (κ2) is 8.29. The Bertz CT molecular complexity index is 597. The first-order chi connectivity index (χ1) is 10.2. The molecule has 0 aromatic heterocycles. The number of hydrogen-bond acceptors (Lipinski definition) is 3. The number of rotatable bonds is 8. The van der Waals surface area contributed by atoms with Crippen LogP contribution in [0.15, 0.2) is 24.3 Å². The van der Waals surface area contributed by atoms with E-state index in [1.54, 1.807) is 0 Å². The standard InChI is InChI=1S/C16H26N2O3S/c1-13(2)8-9-17-16(19)12-18(22(4,20)21)11-15-7-5-6-14(3)10-15/h5-7,10,13H,8-9,11-12H2,1-4H3,(H,17,19). The minimum Gasteiger partial charge on any atom is -0.355 e. The highest BCUT2D eigenvalue weighted by molar-refractivity contribution is 7.88. The van der Waals surface area contributed by atoms with Gasteiger partial charge in [0, 0.05) is 13.1 Å². The molecule has 0 aliphatic carbocycles. The number of nitrogens with zero attached hydrogens (tertiary/aromatic N) is 1. The van der Waals surface area contributed by atoms with Gasteiger partial charge in [-0.25, -0.2) is 8.42 Å². The second-order valence-electron chi connectivity index (χ2n) is 6.05. The summed E-state index contributed by atoms with van der Waals surface area (Å²) in [6.07, 6.45) is 2.01. The van der Waals surface area contributed by atoms with Crippen LogP contribution in [0, 0.1) is 12.8 Å². The Kier molecular flexibility index (Phi) is 7.03. The fourth-order valence-electron chi connectivity index (χ4n) is 2.02. The highest BCUT2D eigenvalue weighted by atomic mass is 32.2. The summed E-state index contributed by atoms with van der Waals surface area (Å²) in [5.74, 6) is 0.234. The van der Waals surface area contributed by atoms with E-state index in [9.17, 15) is 13.2 Å². The van der Waals surface area contributed by atoms with Gasteiger partial charge in [0.15, 0.2) is 0 Å². The number of carbonyl (C=O) groups is 1. The van der Waals surface area contributed by atoms with E-state index < -0.39 is 10.0 Å². The molecular weight excluding hydrogens is 300 g/mol. The van der Waals surface area contributed by atoms with Crippen molar-refractivity contribution in [3.8, 4) is 0 Å².